The van der Waals surface area contributed by atoms with Crippen LogP contribution in [0.1, 0.15) is 64.8 Å². The summed E-state index contributed by atoms with van der Waals surface area (Å²) in [4.78, 5) is 50.1. The highest BCUT2D eigenvalue weighted by molar-refractivity contribution is 7.10. The highest BCUT2D eigenvalue weighted by atomic mass is 32.1. The third kappa shape index (κ3) is 5.53. The highest BCUT2D eigenvalue weighted by Crippen LogP contribution is 2.34. The van der Waals surface area contributed by atoms with E-state index in [9.17, 15) is 19.2 Å². The van der Waals surface area contributed by atoms with Gasteiger partial charge in [0.2, 0.25) is 5.91 Å². The first-order chi connectivity index (χ1) is 15.1. The standard InChI is InChI=1S/C23H26N2O6S/c1-23(2,3)31-20(27)9-8-18(21(24)28)25-10-16-17(22(25)29)13-32-19(16)12-30-15-6-4-14(11-26)5-7-15/h4-7,11,13,18H,8-10,12H2,1-3H3,(H2,24,28)/t18-/m0/s1. The lowest BCUT2D eigenvalue weighted by atomic mass is 10.1. The average molecular weight is 459 g/mol. The number of ether oxygens (including phenoxy) is 2. The number of hydrogen-bond donors (Lipinski definition) is 1. The molecular weight excluding hydrogens is 432 g/mol. The Kier molecular flexibility index (Phi) is 6.98. The van der Waals surface area contributed by atoms with Crippen LogP contribution in [0.2, 0.25) is 0 Å². The van der Waals surface area contributed by atoms with Crippen LogP contribution in [0.15, 0.2) is 29.6 Å². The second-order valence-corrected chi connectivity index (χ2v) is 9.47. The number of carbonyl (C=O) groups is 4. The number of nitrogens with zero attached hydrogens (tertiary/aromatic N) is 1. The Bertz CT molecular complexity index is 1020. The SMILES string of the molecule is CC(C)(C)OC(=O)CC[C@@H](C(N)=O)N1Cc2c(csc2COc2ccc(C=O)cc2)C1=O. The van der Waals surface area contributed by atoms with Crippen LogP contribution >= 0.6 is 11.3 Å². The molecule has 1 aliphatic rings. The summed E-state index contributed by atoms with van der Waals surface area (Å²) in [5, 5.41) is 1.75. The molecule has 0 fully saturated rings. The molecule has 170 valence electrons. The highest BCUT2D eigenvalue weighted by Gasteiger charge is 2.38. The van der Waals surface area contributed by atoms with E-state index in [0.29, 0.717) is 16.9 Å². The maximum absolute atomic E-state index is 12.9. The Morgan fingerprint density at radius 2 is 1.94 bits per heavy atom. The minimum Gasteiger partial charge on any atom is -0.488 e. The van der Waals surface area contributed by atoms with E-state index in [2.05, 4.69) is 0 Å². The molecule has 0 saturated carbocycles. The number of primary amides is 1. The largest absolute Gasteiger partial charge is 0.488 e. The molecular formula is C23H26N2O6S. The first-order valence-electron chi connectivity index (χ1n) is 10.2. The first-order valence-corrected chi connectivity index (χ1v) is 11.1. The minimum absolute atomic E-state index is 0.0196. The number of benzene rings is 1. The molecule has 3 rings (SSSR count). The van der Waals surface area contributed by atoms with E-state index in [4.69, 9.17) is 15.2 Å². The number of hydrogen-bond acceptors (Lipinski definition) is 7. The number of esters is 1. The second-order valence-electron chi connectivity index (χ2n) is 8.50. The van der Waals surface area contributed by atoms with Gasteiger partial charge in [-0.3, -0.25) is 19.2 Å². The third-order valence-electron chi connectivity index (χ3n) is 4.93. The van der Waals surface area contributed by atoms with Crippen molar-refractivity contribution in [3.8, 4) is 5.75 Å². The molecule has 1 aromatic heterocycles. The maximum Gasteiger partial charge on any atom is 0.306 e. The fraction of sp³-hybridized carbons (Fsp3) is 0.391. The van der Waals surface area contributed by atoms with E-state index >= 15 is 0 Å². The van der Waals surface area contributed by atoms with Crippen LogP contribution in [0.3, 0.4) is 0 Å². The molecule has 1 aromatic carbocycles. The van der Waals surface area contributed by atoms with Crippen LogP contribution in [-0.2, 0) is 27.5 Å². The van der Waals surface area contributed by atoms with Crippen molar-refractivity contribution in [1.82, 2.24) is 4.90 Å². The normalized spacial score (nSPS) is 14.1. The molecule has 0 radical (unpaired) electrons. The van der Waals surface area contributed by atoms with Gasteiger partial charge in [-0.05, 0) is 51.5 Å². The molecule has 0 spiro atoms. The first kappa shape index (κ1) is 23.5. The summed E-state index contributed by atoms with van der Waals surface area (Å²) in [5.74, 6) is -0.791. The zero-order valence-corrected chi connectivity index (χ0v) is 19.1. The van der Waals surface area contributed by atoms with Gasteiger partial charge in [0.25, 0.3) is 5.91 Å². The predicted molar refractivity (Wildman–Crippen MR) is 118 cm³/mol. The molecule has 0 aliphatic carbocycles. The molecule has 0 bridgehead atoms. The minimum atomic E-state index is -0.905. The molecule has 9 heteroatoms. The number of carbonyl (C=O) groups excluding carboxylic acids is 4. The van der Waals surface area contributed by atoms with Gasteiger partial charge in [-0.15, -0.1) is 11.3 Å². The molecule has 0 saturated heterocycles. The topological polar surface area (TPSA) is 116 Å². The van der Waals surface area contributed by atoms with Gasteiger partial charge in [-0.2, -0.15) is 0 Å². The molecule has 2 aromatic rings. The molecule has 2 amide bonds. The van der Waals surface area contributed by atoms with E-state index in [1.807, 2.05) is 0 Å². The summed E-state index contributed by atoms with van der Waals surface area (Å²) in [5.41, 5.74) is 6.81. The summed E-state index contributed by atoms with van der Waals surface area (Å²) in [7, 11) is 0. The van der Waals surface area contributed by atoms with Crippen molar-refractivity contribution in [2.45, 2.75) is 58.4 Å². The van der Waals surface area contributed by atoms with Gasteiger partial charge >= 0.3 is 5.97 Å². The Hall–Kier alpha value is -3.20. The van der Waals surface area contributed by atoms with E-state index < -0.39 is 23.5 Å². The van der Waals surface area contributed by atoms with E-state index in [1.165, 1.54) is 16.2 Å². The van der Waals surface area contributed by atoms with Crippen molar-refractivity contribution in [2.24, 2.45) is 5.73 Å². The molecule has 1 atom stereocenters. The lowest BCUT2D eigenvalue weighted by molar-refractivity contribution is -0.155. The van der Waals surface area contributed by atoms with E-state index in [0.717, 1.165) is 16.7 Å². The van der Waals surface area contributed by atoms with E-state index in [-0.39, 0.29) is 31.9 Å². The maximum atomic E-state index is 12.9. The fourth-order valence-corrected chi connectivity index (χ4v) is 4.38. The van der Waals surface area contributed by atoms with Gasteiger partial charge in [0.15, 0.2) is 0 Å². The third-order valence-corrected chi connectivity index (χ3v) is 5.94. The van der Waals surface area contributed by atoms with Gasteiger partial charge in [0.1, 0.15) is 30.3 Å². The monoisotopic (exact) mass is 458 g/mol. The Labute approximate surface area is 190 Å². The number of amides is 2. The van der Waals surface area contributed by atoms with Crippen molar-refractivity contribution < 1.29 is 28.7 Å². The average Bonchev–Trinajstić information content (AvgIpc) is 3.26. The van der Waals surface area contributed by atoms with Crippen molar-refractivity contribution in [3.05, 3.63) is 51.2 Å². The lowest BCUT2D eigenvalue weighted by Gasteiger charge is -2.26. The van der Waals surface area contributed by atoms with Gasteiger partial charge in [-0.25, -0.2) is 0 Å². The Morgan fingerprint density at radius 1 is 1.25 bits per heavy atom. The van der Waals surface area contributed by atoms with E-state index in [1.54, 1.807) is 50.4 Å². The molecule has 0 unspecified atom stereocenters. The van der Waals surface area contributed by atoms with Crippen molar-refractivity contribution in [2.75, 3.05) is 0 Å². The number of thiophene rings is 1. The molecule has 32 heavy (non-hydrogen) atoms. The summed E-state index contributed by atoms with van der Waals surface area (Å²) in [6, 6.07) is 5.82. The van der Waals surface area contributed by atoms with Crippen LogP contribution in [-0.4, -0.2) is 40.6 Å². The smallest absolute Gasteiger partial charge is 0.306 e. The van der Waals surface area contributed by atoms with Crippen LogP contribution in [0.5, 0.6) is 5.75 Å². The number of rotatable bonds is 9. The second kappa shape index (κ2) is 9.52. The summed E-state index contributed by atoms with van der Waals surface area (Å²) < 4.78 is 11.1. The van der Waals surface area contributed by atoms with Crippen molar-refractivity contribution in [3.63, 3.8) is 0 Å². The van der Waals surface area contributed by atoms with Crippen LogP contribution < -0.4 is 10.5 Å². The molecule has 8 nitrogen and oxygen atoms in total. The summed E-state index contributed by atoms with van der Waals surface area (Å²) in [6.45, 7) is 5.76. The Morgan fingerprint density at radius 3 is 2.53 bits per heavy atom. The fourth-order valence-electron chi connectivity index (χ4n) is 3.44. The Balaban J connectivity index is 1.66. The van der Waals surface area contributed by atoms with Crippen molar-refractivity contribution in [1.29, 1.82) is 0 Å². The van der Waals surface area contributed by atoms with Gasteiger partial charge in [-0.1, -0.05) is 0 Å². The molecule has 2 N–H and O–H groups in total. The van der Waals surface area contributed by atoms with Crippen LogP contribution in [0.4, 0.5) is 0 Å². The lowest BCUT2D eigenvalue weighted by Crippen LogP contribution is -2.45. The predicted octanol–water partition coefficient (Wildman–Crippen LogP) is 3.07. The summed E-state index contributed by atoms with van der Waals surface area (Å²) >= 11 is 1.41. The van der Waals surface area contributed by atoms with Crippen molar-refractivity contribution >= 4 is 35.4 Å². The number of aldehydes is 1. The summed E-state index contributed by atoms with van der Waals surface area (Å²) in [6.07, 6.45) is 0.834. The van der Waals surface area contributed by atoms with Gasteiger partial charge in [0.05, 0.1) is 5.56 Å². The number of fused-ring (bicyclic) bond motifs is 1. The molecule has 2 heterocycles. The zero-order valence-electron chi connectivity index (χ0n) is 18.3. The number of nitrogens with two attached hydrogens (primary N) is 1. The molecule has 1 aliphatic heterocycles. The van der Waals surface area contributed by atoms with Gasteiger partial charge in [0, 0.05) is 34.3 Å². The van der Waals surface area contributed by atoms with Crippen LogP contribution in [0, 0.1) is 0 Å². The quantitative estimate of drug-likeness (QED) is 0.456. The van der Waals surface area contributed by atoms with Crippen LogP contribution in [0.25, 0.3) is 0 Å². The zero-order chi connectivity index (χ0) is 23.5. The van der Waals surface area contributed by atoms with Gasteiger partial charge < -0.3 is 20.1 Å².